The summed E-state index contributed by atoms with van der Waals surface area (Å²) in [4.78, 5) is 1.37. The number of hydrogen-bond acceptors (Lipinski definition) is 1. The molecule has 3 aromatic carbocycles. The van der Waals surface area contributed by atoms with Crippen molar-refractivity contribution in [1.29, 1.82) is 0 Å². The van der Waals surface area contributed by atoms with Gasteiger partial charge in [-0.1, -0.05) is 79.7 Å². The lowest BCUT2D eigenvalue weighted by atomic mass is 9.68. The maximum atomic E-state index is 13.5. The highest BCUT2D eigenvalue weighted by molar-refractivity contribution is 5.29. The van der Waals surface area contributed by atoms with E-state index in [0.29, 0.717) is 6.42 Å². The monoisotopic (exact) mass is 376 g/mol. The third-order valence-electron chi connectivity index (χ3n) is 6.51. The van der Waals surface area contributed by atoms with Crippen LogP contribution in [0.4, 0.5) is 4.39 Å². The molecule has 1 saturated heterocycles. The number of aliphatic hydroxyl groups is 1. The largest absolute Gasteiger partial charge is 0.384 e. The summed E-state index contributed by atoms with van der Waals surface area (Å²) in [5.41, 5.74) is 2.19. The molecule has 2 N–H and O–H groups in total. The molecular weight excluding hydrogens is 349 g/mol. The Morgan fingerprint density at radius 1 is 0.857 bits per heavy atom. The minimum atomic E-state index is -1.03. The summed E-state index contributed by atoms with van der Waals surface area (Å²) in [5.74, 6) is -0.307. The summed E-state index contributed by atoms with van der Waals surface area (Å²) in [5, 5.41) is 11.9. The minimum absolute atomic E-state index is 0.0275. The Bertz CT molecular complexity index is 912. The molecule has 0 amide bonds. The van der Waals surface area contributed by atoms with Crippen molar-refractivity contribution in [1.82, 2.24) is 0 Å². The molecule has 2 nitrogen and oxygen atoms in total. The van der Waals surface area contributed by atoms with E-state index in [-0.39, 0.29) is 23.8 Å². The first-order chi connectivity index (χ1) is 13.5. The molecule has 0 aromatic heterocycles. The number of likely N-dealkylation sites (tertiary alicyclic amines) is 1. The number of rotatable bonds is 3. The van der Waals surface area contributed by atoms with Gasteiger partial charge in [-0.3, -0.25) is 0 Å². The fourth-order valence-corrected chi connectivity index (χ4v) is 4.94. The molecule has 0 radical (unpaired) electrons. The van der Waals surface area contributed by atoms with Gasteiger partial charge < -0.3 is 10.0 Å². The average Bonchev–Trinajstić information content (AvgIpc) is 2.73. The second kappa shape index (κ2) is 7.50. The van der Waals surface area contributed by atoms with Crippen LogP contribution in [0, 0.1) is 11.7 Å². The van der Waals surface area contributed by atoms with E-state index >= 15 is 0 Å². The van der Waals surface area contributed by atoms with Gasteiger partial charge in [0.15, 0.2) is 0 Å². The predicted octanol–water partition coefficient (Wildman–Crippen LogP) is 4.05. The lowest BCUT2D eigenvalue weighted by Crippen LogP contribution is -3.12. The third kappa shape index (κ3) is 3.25. The lowest BCUT2D eigenvalue weighted by Gasteiger charge is -2.49. The van der Waals surface area contributed by atoms with Gasteiger partial charge in [0.2, 0.25) is 0 Å². The number of halogens is 1. The van der Waals surface area contributed by atoms with E-state index in [9.17, 15) is 9.50 Å². The molecule has 0 bridgehead atoms. The summed E-state index contributed by atoms with van der Waals surface area (Å²) in [6.07, 6.45) is 0.596. The van der Waals surface area contributed by atoms with Crippen LogP contribution in [0.25, 0.3) is 0 Å². The zero-order chi connectivity index (χ0) is 19.7. The highest BCUT2D eigenvalue weighted by Crippen LogP contribution is 2.45. The Labute approximate surface area is 166 Å². The van der Waals surface area contributed by atoms with E-state index in [0.717, 1.165) is 5.56 Å². The van der Waals surface area contributed by atoms with Crippen molar-refractivity contribution in [2.75, 3.05) is 7.05 Å². The molecule has 1 fully saturated rings. The molecule has 0 aliphatic carbocycles. The SMILES string of the molecule is C[C@@H]1[C@H](c2ccccc2)[NH+](C)[C@H](c2ccccc2)C[C@]1(O)c1ccc(F)cc1. The van der Waals surface area contributed by atoms with Crippen LogP contribution in [0.3, 0.4) is 0 Å². The molecular formula is C25H27FNO+. The van der Waals surface area contributed by atoms with Gasteiger partial charge in [-0.2, -0.15) is 0 Å². The molecule has 28 heavy (non-hydrogen) atoms. The molecule has 3 heteroatoms. The smallest absolute Gasteiger partial charge is 0.123 e. The molecule has 0 spiro atoms. The van der Waals surface area contributed by atoms with Crippen LogP contribution < -0.4 is 4.90 Å². The molecule has 4 rings (SSSR count). The van der Waals surface area contributed by atoms with Crippen LogP contribution in [0.2, 0.25) is 0 Å². The van der Waals surface area contributed by atoms with Gasteiger partial charge >= 0.3 is 0 Å². The Morgan fingerprint density at radius 2 is 1.39 bits per heavy atom. The van der Waals surface area contributed by atoms with E-state index in [2.05, 4.69) is 62.5 Å². The number of hydrogen-bond donors (Lipinski definition) is 2. The van der Waals surface area contributed by atoms with E-state index in [1.54, 1.807) is 12.1 Å². The molecule has 1 heterocycles. The van der Waals surface area contributed by atoms with Crippen LogP contribution in [-0.4, -0.2) is 12.2 Å². The first-order valence-electron chi connectivity index (χ1n) is 9.92. The third-order valence-corrected chi connectivity index (χ3v) is 6.51. The summed E-state index contributed by atoms with van der Waals surface area (Å²) in [7, 11) is 2.22. The number of piperidine rings is 1. The Kier molecular flexibility index (Phi) is 5.05. The van der Waals surface area contributed by atoms with E-state index < -0.39 is 5.60 Å². The fraction of sp³-hybridized carbons (Fsp3) is 0.280. The summed E-state index contributed by atoms with van der Waals surface area (Å²) in [6, 6.07) is 27.4. The van der Waals surface area contributed by atoms with Gasteiger partial charge in [-0.15, -0.1) is 0 Å². The number of benzene rings is 3. The van der Waals surface area contributed by atoms with Gasteiger partial charge in [0, 0.05) is 23.5 Å². The van der Waals surface area contributed by atoms with E-state index in [4.69, 9.17) is 0 Å². The van der Waals surface area contributed by atoms with Crippen LogP contribution in [0.1, 0.15) is 42.1 Å². The normalized spacial score (nSPS) is 30.1. The van der Waals surface area contributed by atoms with Crippen molar-refractivity contribution in [2.24, 2.45) is 5.92 Å². The molecule has 1 aliphatic heterocycles. The van der Waals surface area contributed by atoms with Crippen molar-refractivity contribution < 1.29 is 14.4 Å². The molecule has 1 unspecified atom stereocenters. The maximum Gasteiger partial charge on any atom is 0.123 e. The lowest BCUT2D eigenvalue weighted by molar-refractivity contribution is -0.957. The summed E-state index contributed by atoms with van der Waals surface area (Å²) in [6.45, 7) is 2.12. The summed E-state index contributed by atoms with van der Waals surface area (Å²) < 4.78 is 13.5. The highest BCUT2D eigenvalue weighted by atomic mass is 19.1. The predicted molar refractivity (Wildman–Crippen MR) is 109 cm³/mol. The van der Waals surface area contributed by atoms with Crippen LogP contribution >= 0.6 is 0 Å². The highest BCUT2D eigenvalue weighted by Gasteiger charge is 2.52. The first-order valence-corrected chi connectivity index (χ1v) is 9.92. The van der Waals surface area contributed by atoms with Crippen LogP contribution in [0.5, 0.6) is 0 Å². The van der Waals surface area contributed by atoms with Gasteiger partial charge in [0.25, 0.3) is 0 Å². The van der Waals surface area contributed by atoms with E-state index in [1.807, 2.05) is 12.1 Å². The van der Waals surface area contributed by atoms with Crippen molar-refractivity contribution in [3.05, 3.63) is 107 Å². The molecule has 0 saturated carbocycles. The van der Waals surface area contributed by atoms with Gasteiger partial charge in [0.1, 0.15) is 23.5 Å². The van der Waals surface area contributed by atoms with Crippen molar-refractivity contribution >= 4 is 0 Å². The van der Waals surface area contributed by atoms with Crippen LogP contribution in [0.15, 0.2) is 84.9 Å². The summed E-state index contributed by atoms with van der Waals surface area (Å²) >= 11 is 0. The Balaban J connectivity index is 1.83. The van der Waals surface area contributed by atoms with Gasteiger partial charge in [0.05, 0.1) is 7.05 Å². The quantitative estimate of drug-likeness (QED) is 0.708. The second-order valence-corrected chi connectivity index (χ2v) is 8.02. The fourth-order valence-electron chi connectivity index (χ4n) is 4.94. The topological polar surface area (TPSA) is 24.7 Å². The van der Waals surface area contributed by atoms with Gasteiger partial charge in [-0.25, -0.2) is 4.39 Å². The second-order valence-electron chi connectivity index (χ2n) is 8.02. The molecule has 1 aliphatic rings. The first kappa shape index (κ1) is 18.9. The average molecular weight is 376 g/mol. The number of nitrogens with one attached hydrogen (secondary N) is 1. The molecule has 3 aromatic rings. The molecule has 5 atom stereocenters. The Morgan fingerprint density at radius 3 is 1.96 bits per heavy atom. The standard InChI is InChI=1S/C25H26FNO/c1-18-24(20-11-7-4-8-12-20)27(2)23(19-9-5-3-6-10-19)17-25(18,28)21-13-15-22(26)16-14-21/h3-16,18,23-24,28H,17H2,1-2H3/p+1/t18-,23+,24-,25-/m1/s1. The van der Waals surface area contributed by atoms with Gasteiger partial charge in [-0.05, 0) is 17.7 Å². The molecule has 144 valence electrons. The van der Waals surface area contributed by atoms with Crippen LogP contribution in [-0.2, 0) is 5.60 Å². The zero-order valence-electron chi connectivity index (χ0n) is 16.3. The number of quaternary nitrogens is 1. The maximum absolute atomic E-state index is 13.5. The van der Waals surface area contributed by atoms with Crippen molar-refractivity contribution in [3.63, 3.8) is 0 Å². The van der Waals surface area contributed by atoms with E-state index in [1.165, 1.54) is 28.2 Å². The Hall–Kier alpha value is -2.49. The van der Waals surface area contributed by atoms with Crippen molar-refractivity contribution in [3.8, 4) is 0 Å². The minimum Gasteiger partial charge on any atom is -0.384 e. The zero-order valence-corrected chi connectivity index (χ0v) is 16.3. The van der Waals surface area contributed by atoms with Crippen molar-refractivity contribution in [2.45, 2.75) is 31.0 Å².